The quantitative estimate of drug-likeness (QED) is 0.502. The van der Waals surface area contributed by atoms with Crippen LogP contribution in [0.5, 0.6) is 0 Å². The van der Waals surface area contributed by atoms with Crippen LogP contribution in [0.15, 0.2) is 0 Å². The number of quaternary nitrogens is 1. The van der Waals surface area contributed by atoms with E-state index >= 15 is 0 Å². The van der Waals surface area contributed by atoms with Crippen LogP contribution in [0.3, 0.4) is 0 Å². The van der Waals surface area contributed by atoms with E-state index in [9.17, 15) is 5.11 Å². The smallest absolute Gasteiger partial charge is 0.0664 e. The maximum absolute atomic E-state index is 9.90. The Morgan fingerprint density at radius 2 is 1.83 bits per heavy atom. The summed E-state index contributed by atoms with van der Waals surface area (Å²) in [6.45, 7) is 3.55. The van der Waals surface area contributed by atoms with Crippen molar-refractivity contribution in [1.82, 2.24) is 6.15 Å². The molecule has 0 aliphatic heterocycles. The van der Waals surface area contributed by atoms with Crippen LogP contribution >= 0.6 is 0 Å². The van der Waals surface area contributed by atoms with Gasteiger partial charge < -0.3 is 11.3 Å². The minimum atomic E-state index is -0.366. The molecule has 0 aliphatic carbocycles. The fourth-order valence-corrected chi connectivity index (χ4v) is 0. The van der Waals surface area contributed by atoms with Crippen molar-refractivity contribution in [2.45, 2.75) is 26.4 Å². The minimum Gasteiger partial charge on any atom is -0.852 e. The van der Waals surface area contributed by atoms with E-state index in [1.54, 1.807) is 6.92 Å². The van der Waals surface area contributed by atoms with Crippen LogP contribution in [0.25, 0.3) is 0 Å². The van der Waals surface area contributed by atoms with Crippen LogP contribution in [0, 0.1) is 0 Å². The Balaban J connectivity index is 0. The summed E-state index contributed by atoms with van der Waals surface area (Å²) in [6, 6.07) is 0. The molecule has 0 radical (unpaired) electrons. The van der Waals surface area contributed by atoms with Crippen molar-refractivity contribution in [3.63, 3.8) is 0 Å². The molecule has 0 saturated carbocycles. The third-order valence-electron chi connectivity index (χ3n) is 0.575. The first kappa shape index (κ1) is 9.33. The zero-order valence-corrected chi connectivity index (χ0v) is 4.69. The SMILES string of the molecule is CCC(C)[O-].[NH4+]. The summed E-state index contributed by atoms with van der Waals surface area (Å²) in [7, 11) is 0. The maximum Gasteiger partial charge on any atom is -0.0664 e. The lowest BCUT2D eigenvalue weighted by molar-refractivity contribution is -0.414. The second-order valence-corrected chi connectivity index (χ2v) is 1.22. The molecule has 0 bridgehead atoms. The van der Waals surface area contributed by atoms with Crippen molar-refractivity contribution in [2.75, 3.05) is 0 Å². The molecule has 2 heteroatoms. The van der Waals surface area contributed by atoms with Gasteiger partial charge in [-0.05, 0) is 0 Å². The molecule has 0 fully saturated rings. The molecule has 0 aromatic carbocycles. The van der Waals surface area contributed by atoms with Crippen molar-refractivity contribution >= 4 is 0 Å². The molecule has 1 atom stereocenters. The van der Waals surface area contributed by atoms with Gasteiger partial charge in [-0.25, -0.2) is 0 Å². The van der Waals surface area contributed by atoms with Crippen molar-refractivity contribution < 1.29 is 5.11 Å². The van der Waals surface area contributed by atoms with Crippen molar-refractivity contribution in [1.29, 1.82) is 0 Å². The van der Waals surface area contributed by atoms with E-state index in [1.165, 1.54) is 0 Å². The first-order valence-electron chi connectivity index (χ1n) is 1.93. The van der Waals surface area contributed by atoms with Gasteiger partial charge in [0.15, 0.2) is 0 Å². The summed E-state index contributed by atoms with van der Waals surface area (Å²) >= 11 is 0. The maximum atomic E-state index is 9.90. The van der Waals surface area contributed by atoms with Crippen LogP contribution < -0.4 is 11.3 Å². The molecule has 0 aromatic heterocycles. The van der Waals surface area contributed by atoms with Gasteiger partial charge in [0, 0.05) is 0 Å². The van der Waals surface area contributed by atoms with E-state index in [1.807, 2.05) is 6.92 Å². The molecule has 0 aliphatic rings. The van der Waals surface area contributed by atoms with Gasteiger partial charge in [0.25, 0.3) is 0 Å². The summed E-state index contributed by atoms with van der Waals surface area (Å²) < 4.78 is 0. The molecule has 0 rings (SSSR count). The van der Waals surface area contributed by atoms with Crippen LogP contribution in [0.1, 0.15) is 20.3 Å². The van der Waals surface area contributed by atoms with Crippen molar-refractivity contribution in [3.8, 4) is 0 Å². The molecule has 4 N–H and O–H groups in total. The van der Waals surface area contributed by atoms with E-state index in [-0.39, 0.29) is 12.3 Å². The molecule has 0 saturated heterocycles. The van der Waals surface area contributed by atoms with Crippen LogP contribution in [0.4, 0.5) is 0 Å². The van der Waals surface area contributed by atoms with Gasteiger partial charge >= 0.3 is 0 Å². The lowest BCUT2D eigenvalue weighted by Crippen LogP contribution is -2.18. The molecule has 0 aromatic rings. The zero-order chi connectivity index (χ0) is 4.28. The lowest BCUT2D eigenvalue weighted by Gasteiger charge is -2.09. The highest BCUT2D eigenvalue weighted by molar-refractivity contribution is 4.31. The lowest BCUT2D eigenvalue weighted by atomic mass is 10.3. The van der Waals surface area contributed by atoms with Crippen LogP contribution in [0.2, 0.25) is 0 Å². The summed E-state index contributed by atoms with van der Waals surface area (Å²) in [4.78, 5) is 0. The highest BCUT2D eigenvalue weighted by Gasteiger charge is 1.68. The molecule has 2 nitrogen and oxygen atoms in total. The Hall–Kier alpha value is -0.0800. The third kappa shape index (κ3) is 9.07. The summed E-state index contributed by atoms with van der Waals surface area (Å²) in [5, 5.41) is 9.90. The predicted octanol–water partition coefficient (Wildman–Crippen LogP) is 0.521. The van der Waals surface area contributed by atoms with Crippen LogP contribution in [-0.4, -0.2) is 6.10 Å². The molecular formula is C4H13NO. The fraction of sp³-hybridized carbons (Fsp3) is 1.00. The van der Waals surface area contributed by atoms with Gasteiger partial charge in [-0.2, -0.15) is 0 Å². The molecular weight excluding hydrogens is 78.0 g/mol. The number of hydrogen-bond donors (Lipinski definition) is 1. The normalized spacial score (nSPS) is 12.5. The Morgan fingerprint density at radius 1 is 1.67 bits per heavy atom. The van der Waals surface area contributed by atoms with Gasteiger partial charge in [-0.1, -0.05) is 20.3 Å². The summed E-state index contributed by atoms with van der Waals surface area (Å²) in [5.74, 6) is 0. The van der Waals surface area contributed by atoms with E-state index in [2.05, 4.69) is 0 Å². The average molecular weight is 91.2 g/mol. The second-order valence-electron chi connectivity index (χ2n) is 1.22. The molecule has 0 spiro atoms. The first-order chi connectivity index (χ1) is 2.27. The first-order valence-corrected chi connectivity index (χ1v) is 1.93. The summed E-state index contributed by atoms with van der Waals surface area (Å²) in [6.07, 6.45) is 0.384. The number of hydrogen-bond acceptors (Lipinski definition) is 1. The Labute approximate surface area is 38.8 Å². The standard InChI is InChI=1S/C4H9O.H3N/c1-3-4(2)5;/h4H,3H2,1-2H3;1H3/q-1;/p+1. The Kier molecular flexibility index (Phi) is 7.65. The Morgan fingerprint density at radius 3 is 1.83 bits per heavy atom. The largest absolute Gasteiger partial charge is 0.852 e. The minimum absolute atomic E-state index is 0. The van der Waals surface area contributed by atoms with E-state index in [4.69, 9.17) is 0 Å². The monoisotopic (exact) mass is 91.1 g/mol. The van der Waals surface area contributed by atoms with Gasteiger partial charge in [0.2, 0.25) is 0 Å². The molecule has 0 heterocycles. The van der Waals surface area contributed by atoms with Crippen molar-refractivity contribution in [2.24, 2.45) is 0 Å². The van der Waals surface area contributed by atoms with Crippen molar-refractivity contribution in [3.05, 3.63) is 0 Å². The van der Waals surface area contributed by atoms with Gasteiger partial charge in [0.05, 0.1) is 0 Å². The topological polar surface area (TPSA) is 59.6 Å². The molecule has 6 heavy (non-hydrogen) atoms. The molecule has 0 amide bonds. The van der Waals surface area contributed by atoms with Gasteiger partial charge in [0.1, 0.15) is 0 Å². The van der Waals surface area contributed by atoms with E-state index in [0.29, 0.717) is 0 Å². The zero-order valence-electron chi connectivity index (χ0n) is 4.69. The highest BCUT2D eigenvalue weighted by atomic mass is 16.3. The van der Waals surface area contributed by atoms with Gasteiger partial charge in [-0.3, -0.25) is 0 Å². The van der Waals surface area contributed by atoms with E-state index < -0.39 is 0 Å². The highest BCUT2D eigenvalue weighted by Crippen LogP contribution is 1.76. The molecule has 1 unspecified atom stereocenters. The fourth-order valence-electron chi connectivity index (χ4n) is 0. The third-order valence-corrected chi connectivity index (χ3v) is 0.575. The number of rotatable bonds is 1. The predicted molar refractivity (Wildman–Crippen MR) is 25.7 cm³/mol. The van der Waals surface area contributed by atoms with Gasteiger partial charge in [-0.15, -0.1) is 6.10 Å². The van der Waals surface area contributed by atoms with E-state index in [0.717, 1.165) is 6.42 Å². The Bertz CT molecular complexity index is 21.5. The second kappa shape index (κ2) is 4.92. The molecule has 40 valence electrons. The summed E-state index contributed by atoms with van der Waals surface area (Å²) in [5.41, 5.74) is 0. The average Bonchev–Trinajstić information content (AvgIpc) is 1.38. The van der Waals surface area contributed by atoms with Crippen LogP contribution in [-0.2, 0) is 0 Å².